The third kappa shape index (κ3) is 3.60. The van der Waals surface area contributed by atoms with Gasteiger partial charge in [0.2, 0.25) is 5.91 Å². The second-order valence-electron chi connectivity index (χ2n) is 6.09. The van der Waals surface area contributed by atoms with Crippen LogP contribution in [0.15, 0.2) is 48.5 Å². The lowest BCUT2D eigenvalue weighted by molar-refractivity contribution is -0.114. The number of rotatable bonds is 4. The Morgan fingerprint density at radius 2 is 1.96 bits per heavy atom. The third-order valence-electron chi connectivity index (χ3n) is 4.43. The number of anilines is 1. The van der Waals surface area contributed by atoms with Crippen molar-refractivity contribution in [3.63, 3.8) is 0 Å². The van der Waals surface area contributed by atoms with Gasteiger partial charge in [-0.2, -0.15) is 0 Å². The number of carbonyl (C=O) groups excluding carboxylic acids is 1. The Labute approximate surface area is 137 Å². The molecule has 0 spiro atoms. The smallest absolute Gasteiger partial charge is 0.221 e. The fraction of sp³-hybridized carbons (Fsp3) is 0.316. The fourth-order valence-electron chi connectivity index (χ4n) is 3.27. The first-order valence-electron chi connectivity index (χ1n) is 8.07. The van der Waals surface area contributed by atoms with E-state index in [1.165, 1.54) is 18.1 Å². The van der Waals surface area contributed by atoms with E-state index in [0.717, 1.165) is 30.6 Å². The van der Waals surface area contributed by atoms with E-state index in [4.69, 9.17) is 5.73 Å². The molecule has 2 atom stereocenters. The summed E-state index contributed by atoms with van der Waals surface area (Å²) >= 11 is 0. The Morgan fingerprint density at radius 1 is 1.17 bits per heavy atom. The minimum absolute atomic E-state index is 0.0451. The molecule has 0 radical (unpaired) electrons. The molecule has 0 heterocycles. The van der Waals surface area contributed by atoms with Gasteiger partial charge >= 0.3 is 0 Å². The summed E-state index contributed by atoms with van der Waals surface area (Å²) in [7, 11) is 0. The van der Waals surface area contributed by atoms with Crippen molar-refractivity contribution in [1.29, 1.82) is 0 Å². The predicted molar refractivity (Wildman–Crippen MR) is 93.1 cm³/mol. The maximum absolute atomic E-state index is 11.3. The van der Waals surface area contributed by atoms with Crippen LogP contribution in [0.3, 0.4) is 0 Å². The molecule has 0 saturated heterocycles. The molecule has 2 aromatic rings. The van der Waals surface area contributed by atoms with E-state index >= 15 is 0 Å². The zero-order chi connectivity index (χ0) is 16.2. The van der Waals surface area contributed by atoms with E-state index in [1.807, 2.05) is 30.3 Å². The van der Waals surface area contributed by atoms with Crippen LogP contribution in [0.25, 0.3) is 0 Å². The van der Waals surface area contributed by atoms with Crippen molar-refractivity contribution in [1.82, 2.24) is 5.32 Å². The van der Waals surface area contributed by atoms with Crippen molar-refractivity contribution < 1.29 is 4.79 Å². The quantitative estimate of drug-likeness (QED) is 0.813. The van der Waals surface area contributed by atoms with E-state index in [1.54, 1.807) is 0 Å². The lowest BCUT2D eigenvalue weighted by atomic mass is 9.83. The second kappa shape index (κ2) is 6.94. The molecular weight excluding hydrogens is 286 g/mol. The number of hydrogen-bond donors (Lipinski definition) is 3. The van der Waals surface area contributed by atoms with Gasteiger partial charge in [0.05, 0.1) is 0 Å². The summed E-state index contributed by atoms with van der Waals surface area (Å²) < 4.78 is 0. The van der Waals surface area contributed by atoms with Crippen LogP contribution in [0.4, 0.5) is 5.69 Å². The van der Waals surface area contributed by atoms with Crippen LogP contribution in [0.1, 0.15) is 36.1 Å². The molecule has 0 bridgehead atoms. The Bertz CT molecular complexity index is 684. The Balaban J connectivity index is 1.73. The van der Waals surface area contributed by atoms with E-state index in [0.29, 0.717) is 0 Å². The van der Waals surface area contributed by atoms with Crippen LogP contribution in [0.2, 0.25) is 0 Å². The molecule has 23 heavy (non-hydrogen) atoms. The monoisotopic (exact) mass is 309 g/mol. The number of amides is 1. The Morgan fingerprint density at radius 3 is 2.70 bits per heavy atom. The van der Waals surface area contributed by atoms with Crippen molar-refractivity contribution in [3.8, 4) is 0 Å². The molecule has 2 aromatic carbocycles. The molecular formula is C19H23N3O. The number of fused-ring (bicyclic) bond motifs is 1. The highest BCUT2D eigenvalue weighted by atomic mass is 16.1. The van der Waals surface area contributed by atoms with Crippen LogP contribution in [-0.2, 0) is 17.8 Å². The topological polar surface area (TPSA) is 67.2 Å². The van der Waals surface area contributed by atoms with Gasteiger partial charge in [-0.1, -0.05) is 42.5 Å². The van der Waals surface area contributed by atoms with Crippen molar-refractivity contribution in [3.05, 3.63) is 65.2 Å². The SMILES string of the molecule is CC(=O)Nc1cccc2c1CCC(NCc1ccccc1)C2N. The van der Waals surface area contributed by atoms with Crippen molar-refractivity contribution in [2.45, 2.75) is 38.4 Å². The van der Waals surface area contributed by atoms with Gasteiger partial charge in [-0.05, 0) is 35.6 Å². The number of nitrogens with one attached hydrogen (secondary N) is 2. The summed E-state index contributed by atoms with van der Waals surface area (Å²) in [6.45, 7) is 2.35. The van der Waals surface area contributed by atoms with E-state index in [9.17, 15) is 4.79 Å². The van der Waals surface area contributed by atoms with Gasteiger partial charge in [0.25, 0.3) is 0 Å². The normalized spacial score (nSPS) is 19.9. The average molecular weight is 309 g/mol. The lowest BCUT2D eigenvalue weighted by Crippen LogP contribution is -2.42. The number of nitrogens with two attached hydrogens (primary N) is 1. The molecule has 120 valence electrons. The maximum Gasteiger partial charge on any atom is 0.221 e. The first-order chi connectivity index (χ1) is 11.1. The molecule has 0 aromatic heterocycles. The molecule has 1 amide bonds. The zero-order valence-corrected chi connectivity index (χ0v) is 13.4. The summed E-state index contributed by atoms with van der Waals surface area (Å²) in [5.74, 6) is -0.0451. The van der Waals surface area contributed by atoms with Gasteiger partial charge in [-0.25, -0.2) is 0 Å². The van der Waals surface area contributed by atoms with Gasteiger partial charge in [0, 0.05) is 31.2 Å². The summed E-state index contributed by atoms with van der Waals surface area (Å²) in [6, 6.07) is 16.5. The molecule has 4 N–H and O–H groups in total. The zero-order valence-electron chi connectivity index (χ0n) is 13.4. The predicted octanol–water partition coefficient (Wildman–Crippen LogP) is 2.75. The number of benzene rings is 2. The third-order valence-corrected chi connectivity index (χ3v) is 4.43. The largest absolute Gasteiger partial charge is 0.326 e. The van der Waals surface area contributed by atoms with Crippen LogP contribution < -0.4 is 16.4 Å². The van der Waals surface area contributed by atoms with Crippen LogP contribution in [-0.4, -0.2) is 11.9 Å². The molecule has 1 aliphatic rings. The number of carbonyl (C=O) groups is 1. The van der Waals surface area contributed by atoms with Gasteiger partial charge in [0.1, 0.15) is 0 Å². The van der Waals surface area contributed by atoms with Crippen molar-refractivity contribution >= 4 is 11.6 Å². The van der Waals surface area contributed by atoms with E-state index < -0.39 is 0 Å². The van der Waals surface area contributed by atoms with Crippen molar-refractivity contribution in [2.24, 2.45) is 5.73 Å². The highest BCUT2D eigenvalue weighted by molar-refractivity contribution is 5.89. The van der Waals surface area contributed by atoms with Gasteiger partial charge in [-0.15, -0.1) is 0 Å². The highest BCUT2D eigenvalue weighted by Crippen LogP contribution is 2.33. The molecule has 2 unspecified atom stereocenters. The molecule has 0 fully saturated rings. The summed E-state index contributed by atoms with van der Waals surface area (Å²) in [5.41, 5.74) is 10.9. The summed E-state index contributed by atoms with van der Waals surface area (Å²) in [5, 5.41) is 6.49. The molecule has 3 rings (SSSR count). The molecule has 4 nitrogen and oxygen atoms in total. The minimum Gasteiger partial charge on any atom is -0.326 e. The van der Waals surface area contributed by atoms with Crippen LogP contribution in [0.5, 0.6) is 0 Å². The van der Waals surface area contributed by atoms with Gasteiger partial charge < -0.3 is 16.4 Å². The summed E-state index contributed by atoms with van der Waals surface area (Å²) in [6.07, 6.45) is 1.89. The fourth-order valence-corrected chi connectivity index (χ4v) is 3.27. The Kier molecular flexibility index (Phi) is 4.74. The molecule has 4 heteroatoms. The maximum atomic E-state index is 11.3. The van der Waals surface area contributed by atoms with Crippen molar-refractivity contribution in [2.75, 3.05) is 5.32 Å². The Hall–Kier alpha value is -2.17. The van der Waals surface area contributed by atoms with Crippen LogP contribution >= 0.6 is 0 Å². The first-order valence-corrected chi connectivity index (χ1v) is 8.07. The standard InChI is InChI=1S/C19H23N3O/c1-13(23)22-17-9-5-8-16-15(17)10-11-18(19(16)20)21-12-14-6-3-2-4-7-14/h2-9,18-19,21H,10-12,20H2,1H3,(H,22,23). The highest BCUT2D eigenvalue weighted by Gasteiger charge is 2.27. The molecule has 0 aliphatic heterocycles. The minimum atomic E-state index is -0.0591. The molecule has 1 aliphatic carbocycles. The number of hydrogen-bond acceptors (Lipinski definition) is 3. The second-order valence-corrected chi connectivity index (χ2v) is 6.09. The first kappa shape index (κ1) is 15.7. The van der Waals surface area contributed by atoms with Gasteiger partial charge in [-0.3, -0.25) is 4.79 Å². The summed E-state index contributed by atoms with van der Waals surface area (Å²) in [4.78, 5) is 11.3. The molecule has 0 saturated carbocycles. The van der Waals surface area contributed by atoms with Gasteiger partial charge in [0.15, 0.2) is 0 Å². The van der Waals surface area contributed by atoms with E-state index in [2.05, 4.69) is 28.8 Å². The van der Waals surface area contributed by atoms with E-state index in [-0.39, 0.29) is 18.0 Å². The van der Waals surface area contributed by atoms with Crippen LogP contribution in [0, 0.1) is 0 Å². The lowest BCUT2D eigenvalue weighted by Gasteiger charge is -2.33. The average Bonchev–Trinajstić information content (AvgIpc) is 2.55.